The van der Waals surface area contributed by atoms with Gasteiger partial charge in [0.2, 0.25) is 0 Å². The number of pyridine rings is 2. The third-order valence-corrected chi connectivity index (χ3v) is 7.00. The molecule has 0 unspecified atom stereocenters. The number of nitrogens with one attached hydrogen (secondary N) is 1. The molecule has 0 aliphatic heterocycles. The molecule has 4 heterocycles. The minimum absolute atomic E-state index is 0.263. The topological polar surface area (TPSA) is 82.7 Å². The Hall–Kier alpha value is -3.42. The molecule has 4 aromatic heterocycles. The first-order valence-corrected chi connectivity index (χ1v) is 12.4. The van der Waals surface area contributed by atoms with E-state index in [-0.39, 0.29) is 6.10 Å². The molecule has 0 saturated heterocycles. The van der Waals surface area contributed by atoms with Gasteiger partial charge in [-0.25, -0.2) is 4.98 Å². The monoisotopic (exact) mass is 457 g/mol. The number of aryl methyl sites for hydroxylation is 2. The fourth-order valence-corrected chi connectivity index (χ4v) is 5.03. The minimum atomic E-state index is 0.263. The standard InChI is InChI=1S/C26H31N7O/c1-3-33-22-13-24(28-15-21(22)25(31-33)18-14-29-32(2)16-18)30-19-8-10-20(11-9-19)34-23-5-4-12-27-26(23)17-6-7-17/h4-5,12-17,19-20H,3,6-11H2,1-2H3,(H,28,30). The summed E-state index contributed by atoms with van der Waals surface area (Å²) in [5.41, 5.74) is 4.19. The van der Waals surface area contributed by atoms with Gasteiger partial charge in [-0.15, -0.1) is 0 Å². The zero-order valence-electron chi connectivity index (χ0n) is 19.8. The van der Waals surface area contributed by atoms with Crippen LogP contribution in [0.5, 0.6) is 5.75 Å². The summed E-state index contributed by atoms with van der Waals surface area (Å²) in [5.74, 6) is 2.50. The normalized spacial score (nSPS) is 20.5. The number of aromatic nitrogens is 6. The first-order valence-electron chi connectivity index (χ1n) is 12.4. The smallest absolute Gasteiger partial charge is 0.141 e. The van der Waals surface area contributed by atoms with Crippen LogP contribution in [0.15, 0.2) is 43.0 Å². The molecule has 2 aliphatic rings. The lowest BCUT2D eigenvalue weighted by Gasteiger charge is -2.30. The Labute approximate surface area is 199 Å². The van der Waals surface area contributed by atoms with Crippen molar-refractivity contribution < 1.29 is 4.74 Å². The van der Waals surface area contributed by atoms with E-state index in [1.165, 1.54) is 12.8 Å². The summed E-state index contributed by atoms with van der Waals surface area (Å²) >= 11 is 0. The molecule has 6 rings (SSSR count). The van der Waals surface area contributed by atoms with Crippen molar-refractivity contribution in [2.24, 2.45) is 7.05 Å². The van der Waals surface area contributed by atoms with Gasteiger partial charge in [0.05, 0.1) is 23.5 Å². The van der Waals surface area contributed by atoms with E-state index in [4.69, 9.17) is 14.8 Å². The summed E-state index contributed by atoms with van der Waals surface area (Å²) < 4.78 is 10.2. The maximum absolute atomic E-state index is 6.40. The van der Waals surface area contributed by atoms with Crippen molar-refractivity contribution >= 4 is 16.7 Å². The Kier molecular flexibility index (Phi) is 5.43. The van der Waals surface area contributed by atoms with Crippen LogP contribution in [0.4, 0.5) is 5.82 Å². The molecule has 2 saturated carbocycles. The lowest BCUT2D eigenvalue weighted by molar-refractivity contribution is 0.148. The zero-order chi connectivity index (χ0) is 23.1. The predicted molar refractivity (Wildman–Crippen MR) is 132 cm³/mol. The molecule has 0 amide bonds. The van der Waals surface area contributed by atoms with E-state index in [9.17, 15) is 0 Å². The van der Waals surface area contributed by atoms with Gasteiger partial charge in [-0.05, 0) is 57.6 Å². The van der Waals surface area contributed by atoms with Gasteiger partial charge in [0.1, 0.15) is 17.3 Å². The molecule has 176 valence electrons. The van der Waals surface area contributed by atoms with Crippen molar-refractivity contribution in [3.05, 3.63) is 48.7 Å². The minimum Gasteiger partial charge on any atom is -0.489 e. The van der Waals surface area contributed by atoms with E-state index in [1.807, 2.05) is 42.6 Å². The Morgan fingerprint density at radius 3 is 2.68 bits per heavy atom. The van der Waals surface area contributed by atoms with Crippen molar-refractivity contribution in [2.75, 3.05) is 5.32 Å². The summed E-state index contributed by atoms with van der Waals surface area (Å²) in [4.78, 5) is 9.32. The first-order chi connectivity index (χ1) is 16.7. The van der Waals surface area contributed by atoms with Crippen molar-refractivity contribution in [1.82, 2.24) is 29.5 Å². The van der Waals surface area contributed by atoms with Crippen LogP contribution >= 0.6 is 0 Å². The SMILES string of the molecule is CCn1nc(-c2cnn(C)c2)c2cnc(NC3CCC(Oc4cccnc4C4CC4)CC3)cc21. The van der Waals surface area contributed by atoms with Gasteiger partial charge >= 0.3 is 0 Å². The van der Waals surface area contributed by atoms with E-state index < -0.39 is 0 Å². The van der Waals surface area contributed by atoms with Gasteiger partial charge in [-0.2, -0.15) is 10.2 Å². The van der Waals surface area contributed by atoms with Gasteiger partial charge < -0.3 is 10.1 Å². The van der Waals surface area contributed by atoms with Crippen LogP contribution in [0.3, 0.4) is 0 Å². The molecule has 0 bridgehead atoms. The van der Waals surface area contributed by atoms with Crippen LogP contribution in [0.2, 0.25) is 0 Å². The number of nitrogens with zero attached hydrogens (tertiary/aromatic N) is 6. The number of ether oxygens (including phenoxy) is 1. The highest BCUT2D eigenvalue weighted by Gasteiger charge is 2.30. The van der Waals surface area contributed by atoms with Crippen LogP contribution < -0.4 is 10.1 Å². The summed E-state index contributed by atoms with van der Waals surface area (Å²) in [6.45, 7) is 2.92. The second-order valence-electron chi connectivity index (χ2n) is 9.55. The average molecular weight is 458 g/mol. The van der Waals surface area contributed by atoms with Gasteiger partial charge in [-0.1, -0.05) is 0 Å². The molecule has 34 heavy (non-hydrogen) atoms. The van der Waals surface area contributed by atoms with Crippen molar-refractivity contribution in [2.45, 2.75) is 70.1 Å². The number of hydrogen-bond acceptors (Lipinski definition) is 6. The van der Waals surface area contributed by atoms with Gasteiger partial charge in [-0.3, -0.25) is 14.3 Å². The molecule has 1 N–H and O–H groups in total. The number of rotatable bonds is 7. The van der Waals surface area contributed by atoms with E-state index in [0.717, 1.165) is 71.6 Å². The summed E-state index contributed by atoms with van der Waals surface area (Å²) in [6, 6.07) is 6.60. The lowest BCUT2D eigenvalue weighted by atomic mass is 9.93. The van der Waals surface area contributed by atoms with Gasteiger partial charge in [0, 0.05) is 61.2 Å². The lowest BCUT2D eigenvalue weighted by Crippen LogP contribution is -2.31. The van der Waals surface area contributed by atoms with Gasteiger partial charge in [0.15, 0.2) is 0 Å². The Balaban J connectivity index is 1.13. The molecule has 0 atom stereocenters. The third-order valence-electron chi connectivity index (χ3n) is 7.00. The maximum atomic E-state index is 6.40. The summed E-state index contributed by atoms with van der Waals surface area (Å²) in [5, 5.41) is 13.8. The van der Waals surface area contributed by atoms with Crippen molar-refractivity contribution in [3.8, 4) is 17.0 Å². The number of hydrogen-bond donors (Lipinski definition) is 1. The predicted octanol–water partition coefficient (Wildman–Crippen LogP) is 4.93. The van der Waals surface area contributed by atoms with E-state index in [1.54, 1.807) is 4.68 Å². The third kappa shape index (κ3) is 4.13. The molecule has 2 aliphatic carbocycles. The van der Waals surface area contributed by atoms with Crippen LogP contribution in [-0.4, -0.2) is 41.7 Å². The van der Waals surface area contributed by atoms with E-state index in [0.29, 0.717) is 12.0 Å². The molecule has 0 spiro atoms. The van der Waals surface area contributed by atoms with Crippen molar-refractivity contribution in [3.63, 3.8) is 0 Å². The van der Waals surface area contributed by atoms with Crippen LogP contribution in [0.25, 0.3) is 22.2 Å². The molecule has 8 heteroatoms. The highest BCUT2D eigenvalue weighted by molar-refractivity contribution is 5.93. The van der Waals surface area contributed by atoms with Gasteiger partial charge in [0.25, 0.3) is 0 Å². The fraction of sp³-hybridized carbons (Fsp3) is 0.462. The molecule has 0 aromatic carbocycles. The molecule has 4 aromatic rings. The van der Waals surface area contributed by atoms with E-state index >= 15 is 0 Å². The first kappa shape index (κ1) is 21.1. The van der Waals surface area contributed by atoms with Crippen LogP contribution in [-0.2, 0) is 13.6 Å². The van der Waals surface area contributed by atoms with Crippen LogP contribution in [0.1, 0.15) is 57.1 Å². The highest BCUT2D eigenvalue weighted by atomic mass is 16.5. The fourth-order valence-electron chi connectivity index (χ4n) is 5.03. The number of fused-ring (bicyclic) bond motifs is 1. The summed E-state index contributed by atoms with van der Waals surface area (Å²) in [7, 11) is 1.92. The molecular weight excluding hydrogens is 426 g/mol. The summed E-state index contributed by atoms with van der Waals surface area (Å²) in [6.07, 6.45) is 14.6. The average Bonchev–Trinajstić information content (AvgIpc) is 3.51. The molecule has 2 fully saturated rings. The number of anilines is 1. The molecule has 0 radical (unpaired) electrons. The Morgan fingerprint density at radius 2 is 1.94 bits per heavy atom. The largest absolute Gasteiger partial charge is 0.489 e. The molecule has 8 nitrogen and oxygen atoms in total. The van der Waals surface area contributed by atoms with E-state index in [2.05, 4.69) is 34.5 Å². The maximum Gasteiger partial charge on any atom is 0.141 e. The van der Waals surface area contributed by atoms with Crippen LogP contribution in [0, 0.1) is 0 Å². The second kappa shape index (κ2) is 8.74. The second-order valence-corrected chi connectivity index (χ2v) is 9.55. The Bertz CT molecular complexity index is 1300. The molecular formula is C26H31N7O. The zero-order valence-corrected chi connectivity index (χ0v) is 19.8. The Morgan fingerprint density at radius 1 is 1.09 bits per heavy atom. The van der Waals surface area contributed by atoms with Crippen molar-refractivity contribution in [1.29, 1.82) is 0 Å². The highest BCUT2D eigenvalue weighted by Crippen LogP contribution is 2.43. The quantitative estimate of drug-likeness (QED) is 0.424.